The van der Waals surface area contributed by atoms with E-state index >= 15 is 0 Å². The summed E-state index contributed by atoms with van der Waals surface area (Å²) in [5.41, 5.74) is -0.458. The Morgan fingerprint density at radius 3 is 2.27 bits per heavy atom. The lowest BCUT2D eigenvalue weighted by Gasteiger charge is -2.63. The average Bonchev–Trinajstić information content (AvgIpc) is 2.99. The van der Waals surface area contributed by atoms with E-state index in [-0.39, 0.29) is 36.0 Å². The molecule has 4 aliphatic carbocycles. The fourth-order valence-corrected chi connectivity index (χ4v) is 8.82. The van der Waals surface area contributed by atoms with Crippen LogP contribution in [0.5, 0.6) is 0 Å². The van der Waals surface area contributed by atoms with Crippen molar-refractivity contribution in [1.29, 1.82) is 0 Å². The Kier molecular flexibility index (Phi) is 5.82. The summed E-state index contributed by atoms with van der Waals surface area (Å²) in [6, 6.07) is 0. The van der Waals surface area contributed by atoms with Crippen molar-refractivity contribution in [3.05, 3.63) is 0 Å². The average molecular weight is 431 g/mol. The first-order chi connectivity index (χ1) is 13.9. The third-order valence-electron chi connectivity index (χ3n) is 10.3. The van der Waals surface area contributed by atoms with Crippen molar-refractivity contribution >= 4 is 0 Å². The molecule has 0 heterocycles. The molecule has 4 nitrogen and oxygen atoms in total. The van der Waals surface area contributed by atoms with Crippen LogP contribution in [0.4, 0.5) is 8.78 Å². The van der Waals surface area contributed by atoms with E-state index in [2.05, 4.69) is 13.8 Å². The second-order valence-electron chi connectivity index (χ2n) is 11.7. The molecule has 3 unspecified atom stereocenters. The standard InChI is InChI=1S/C24H40F2O4/c1-13(4-7-20(29)30)15-5-6-16-21-17(8-9-22(15,16)2)23(3)12-24(25,26)19(28)11-14(23)10-18(21)27/h13-21,27-30H,4-12H2,1-3H3/t13-,14-,15-,16?,17?,18+,19-,21?,22-,23+/m1/s1. The molecule has 4 saturated carbocycles. The van der Waals surface area contributed by atoms with Crippen LogP contribution in [0, 0.1) is 46.3 Å². The van der Waals surface area contributed by atoms with E-state index in [1.54, 1.807) is 0 Å². The minimum atomic E-state index is -3.04. The molecule has 0 amide bonds. The van der Waals surface area contributed by atoms with Crippen LogP contribution in [0.25, 0.3) is 0 Å². The Balaban J connectivity index is 1.58. The monoisotopic (exact) mass is 430 g/mol. The number of halogens is 2. The molecular formula is C24H40F2O4. The van der Waals surface area contributed by atoms with Crippen molar-refractivity contribution in [2.75, 3.05) is 0 Å². The predicted octanol–water partition coefficient (Wildman–Crippen LogP) is 3.95. The second kappa shape index (κ2) is 7.64. The van der Waals surface area contributed by atoms with Gasteiger partial charge in [0.05, 0.1) is 6.10 Å². The van der Waals surface area contributed by atoms with Crippen molar-refractivity contribution in [3.63, 3.8) is 0 Å². The maximum atomic E-state index is 14.6. The summed E-state index contributed by atoms with van der Waals surface area (Å²) in [5, 5.41) is 39.7. The van der Waals surface area contributed by atoms with Crippen molar-refractivity contribution in [2.24, 2.45) is 46.3 Å². The second-order valence-corrected chi connectivity index (χ2v) is 11.7. The molecule has 0 saturated heterocycles. The van der Waals surface area contributed by atoms with Gasteiger partial charge in [-0.1, -0.05) is 20.8 Å². The smallest absolute Gasteiger partial charge is 0.274 e. The van der Waals surface area contributed by atoms with Gasteiger partial charge in [0, 0.05) is 6.42 Å². The minimum Gasteiger partial charge on any atom is -0.393 e. The largest absolute Gasteiger partial charge is 0.393 e. The van der Waals surface area contributed by atoms with E-state index in [1.807, 2.05) is 6.92 Å². The van der Waals surface area contributed by atoms with Crippen molar-refractivity contribution in [3.8, 4) is 0 Å². The summed E-state index contributed by atoms with van der Waals surface area (Å²) in [5.74, 6) is -1.79. The van der Waals surface area contributed by atoms with Crippen LogP contribution in [0.2, 0.25) is 0 Å². The van der Waals surface area contributed by atoms with Crippen molar-refractivity contribution < 1.29 is 29.2 Å². The molecule has 30 heavy (non-hydrogen) atoms. The van der Waals surface area contributed by atoms with Gasteiger partial charge >= 0.3 is 0 Å². The van der Waals surface area contributed by atoms with Crippen LogP contribution in [-0.2, 0) is 0 Å². The molecular weight excluding hydrogens is 390 g/mol. The quantitative estimate of drug-likeness (QED) is 0.509. The Hall–Kier alpha value is -0.300. The predicted molar refractivity (Wildman–Crippen MR) is 110 cm³/mol. The van der Waals surface area contributed by atoms with Gasteiger partial charge in [-0.2, -0.15) is 0 Å². The number of aliphatic hydroxyl groups is 4. The number of rotatable bonds is 4. The van der Waals surface area contributed by atoms with Gasteiger partial charge in [0.25, 0.3) is 5.92 Å². The van der Waals surface area contributed by atoms with Gasteiger partial charge in [-0.25, -0.2) is 8.78 Å². The van der Waals surface area contributed by atoms with Crippen LogP contribution in [0.15, 0.2) is 0 Å². The normalized spacial score (nSPS) is 51.2. The van der Waals surface area contributed by atoms with Gasteiger partial charge in [0.1, 0.15) is 6.10 Å². The lowest BCUT2D eigenvalue weighted by atomic mass is 9.43. The Bertz CT molecular complexity index is 643. The summed E-state index contributed by atoms with van der Waals surface area (Å²) in [6.07, 6.45) is 2.08. The van der Waals surface area contributed by atoms with Gasteiger partial charge in [0.15, 0.2) is 6.29 Å². The molecule has 4 rings (SSSR count). The Labute approximate surface area is 179 Å². The number of hydrogen-bond donors (Lipinski definition) is 4. The van der Waals surface area contributed by atoms with Gasteiger partial charge < -0.3 is 20.4 Å². The molecule has 0 aromatic rings. The van der Waals surface area contributed by atoms with Gasteiger partial charge in [-0.3, -0.25) is 0 Å². The topological polar surface area (TPSA) is 80.9 Å². The lowest BCUT2D eigenvalue weighted by Crippen LogP contribution is -2.62. The molecule has 0 aromatic heterocycles. The zero-order chi connectivity index (χ0) is 22.1. The number of aliphatic hydroxyl groups excluding tert-OH is 3. The zero-order valence-corrected chi connectivity index (χ0v) is 18.6. The Morgan fingerprint density at radius 1 is 0.933 bits per heavy atom. The SMILES string of the molecule is C[C@H](CCC(O)O)[C@H]1CCC2C3C(CC[C@@]21C)[C@@]1(C)CC(F)(F)[C@H](O)C[C@H]1C[C@@H]3O. The van der Waals surface area contributed by atoms with Crippen LogP contribution in [0.1, 0.15) is 78.6 Å². The van der Waals surface area contributed by atoms with Crippen molar-refractivity contribution in [2.45, 2.75) is 103 Å². The third-order valence-corrected chi connectivity index (χ3v) is 10.3. The molecule has 10 atom stereocenters. The van der Waals surface area contributed by atoms with Crippen LogP contribution < -0.4 is 0 Å². The highest BCUT2D eigenvalue weighted by molar-refractivity contribution is 5.13. The van der Waals surface area contributed by atoms with Crippen LogP contribution >= 0.6 is 0 Å². The fraction of sp³-hybridized carbons (Fsp3) is 1.00. The summed E-state index contributed by atoms with van der Waals surface area (Å²) in [7, 11) is 0. The maximum Gasteiger partial charge on any atom is 0.274 e. The van der Waals surface area contributed by atoms with E-state index in [1.165, 1.54) is 0 Å². The first-order valence-corrected chi connectivity index (χ1v) is 12.0. The molecule has 174 valence electrons. The van der Waals surface area contributed by atoms with E-state index in [0.29, 0.717) is 30.6 Å². The number of alkyl halides is 2. The highest BCUT2D eigenvalue weighted by Gasteiger charge is 2.66. The van der Waals surface area contributed by atoms with Gasteiger partial charge in [-0.05, 0) is 97.7 Å². The van der Waals surface area contributed by atoms with E-state index in [0.717, 1.165) is 32.1 Å². The summed E-state index contributed by atoms with van der Waals surface area (Å²) >= 11 is 0. The van der Waals surface area contributed by atoms with Crippen LogP contribution in [-0.4, -0.2) is 44.8 Å². The fourth-order valence-electron chi connectivity index (χ4n) is 8.82. The highest BCUT2D eigenvalue weighted by Crippen LogP contribution is 2.69. The van der Waals surface area contributed by atoms with Crippen molar-refractivity contribution in [1.82, 2.24) is 0 Å². The number of fused-ring (bicyclic) bond motifs is 5. The Morgan fingerprint density at radius 2 is 1.60 bits per heavy atom. The maximum absolute atomic E-state index is 14.6. The van der Waals surface area contributed by atoms with E-state index in [4.69, 9.17) is 0 Å². The first-order valence-electron chi connectivity index (χ1n) is 12.0. The molecule has 0 aromatic carbocycles. The first kappa shape index (κ1) is 22.9. The molecule has 4 aliphatic rings. The summed E-state index contributed by atoms with van der Waals surface area (Å²) in [4.78, 5) is 0. The highest BCUT2D eigenvalue weighted by atomic mass is 19.3. The molecule has 0 radical (unpaired) electrons. The van der Waals surface area contributed by atoms with Crippen LogP contribution in [0.3, 0.4) is 0 Å². The van der Waals surface area contributed by atoms with Gasteiger partial charge in [-0.15, -0.1) is 0 Å². The molecule has 0 aliphatic heterocycles. The third kappa shape index (κ3) is 3.45. The molecule has 0 spiro atoms. The minimum absolute atomic E-state index is 0.0464. The van der Waals surface area contributed by atoms with E-state index in [9.17, 15) is 29.2 Å². The molecule has 4 N–H and O–H groups in total. The zero-order valence-electron chi connectivity index (χ0n) is 18.6. The number of hydrogen-bond acceptors (Lipinski definition) is 4. The lowest BCUT2D eigenvalue weighted by molar-refractivity contribution is -0.236. The molecule has 0 bridgehead atoms. The summed E-state index contributed by atoms with van der Waals surface area (Å²) < 4.78 is 29.2. The molecule has 6 heteroatoms. The van der Waals surface area contributed by atoms with E-state index < -0.39 is 29.8 Å². The molecule has 4 fully saturated rings. The summed E-state index contributed by atoms with van der Waals surface area (Å²) in [6.45, 7) is 6.53. The van der Waals surface area contributed by atoms with Gasteiger partial charge in [0.2, 0.25) is 0 Å².